The van der Waals surface area contributed by atoms with Crippen LogP contribution in [0, 0.1) is 11.3 Å². The molecule has 3 aliphatic rings. The van der Waals surface area contributed by atoms with E-state index in [1.54, 1.807) is 25.3 Å². The van der Waals surface area contributed by atoms with E-state index >= 15 is 0 Å². The van der Waals surface area contributed by atoms with Crippen LogP contribution in [0.25, 0.3) is 0 Å². The zero-order chi connectivity index (χ0) is 30.5. The fourth-order valence-electron chi connectivity index (χ4n) is 6.90. The predicted molar refractivity (Wildman–Crippen MR) is 163 cm³/mol. The van der Waals surface area contributed by atoms with Crippen LogP contribution in [-0.2, 0) is 16.1 Å². The molecule has 2 aromatic carbocycles. The molecule has 2 amide bonds. The van der Waals surface area contributed by atoms with Crippen molar-refractivity contribution in [2.45, 2.75) is 94.9 Å². The number of nitrogens with zero attached hydrogens (tertiary/aromatic N) is 3. The van der Waals surface area contributed by atoms with E-state index in [-0.39, 0.29) is 11.8 Å². The first-order chi connectivity index (χ1) is 20.8. The number of carbonyl (C=O) groups excluding carboxylic acids is 2. The molecule has 9 nitrogen and oxygen atoms in total. The van der Waals surface area contributed by atoms with Crippen LogP contribution in [0.2, 0.25) is 0 Å². The number of hydrogen-bond donors (Lipinski definition) is 2. The van der Waals surface area contributed by atoms with Gasteiger partial charge in [-0.1, -0.05) is 44.7 Å². The average Bonchev–Trinajstić information content (AvgIpc) is 3.02. The summed E-state index contributed by atoms with van der Waals surface area (Å²) in [6.45, 7) is 4.82. The van der Waals surface area contributed by atoms with Gasteiger partial charge in [0.2, 0.25) is 11.8 Å². The lowest BCUT2D eigenvalue weighted by molar-refractivity contribution is -0.163. The van der Waals surface area contributed by atoms with Crippen molar-refractivity contribution in [2.24, 2.45) is 0 Å². The van der Waals surface area contributed by atoms with E-state index in [1.165, 1.54) is 0 Å². The minimum atomic E-state index is -0.870. The standard InChI is InChI=1S/C34H44N4O5/c1-3-4-18-38-31(39)28(22-33(41)14-6-5-7-15-33)36-32(40)34(38)16-19-37(20-17-34)24-25-8-11-27(12-9-25)43-29-13-10-26(23-35)21-30(29)42-2/h8-13,21,28,41H,3-7,14-20,22,24H2,1-2H3,(H,36,40)/t28-/m1/s1. The number of carbonyl (C=O) groups is 2. The average molecular weight is 589 g/mol. The van der Waals surface area contributed by atoms with Crippen LogP contribution < -0.4 is 14.8 Å². The highest BCUT2D eigenvalue weighted by atomic mass is 16.5. The first kappa shape index (κ1) is 30.8. The third-order valence-electron chi connectivity index (χ3n) is 9.45. The molecular weight excluding hydrogens is 544 g/mol. The van der Waals surface area contributed by atoms with Gasteiger partial charge in [0, 0.05) is 38.7 Å². The van der Waals surface area contributed by atoms with Gasteiger partial charge in [-0.05, 0) is 61.9 Å². The van der Waals surface area contributed by atoms with Crippen molar-refractivity contribution in [1.29, 1.82) is 5.26 Å². The van der Waals surface area contributed by atoms with Gasteiger partial charge < -0.3 is 24.8 Å². The summed E-state index contributed by atoms with van der Waals surface area (Å²) < 4.78 is 11.4. The molecule has 1 spiro atoms. The van der Waals surface area contributed by atoms with Gasteiger partial charge in [0.05, 0.1) is 24.3 Å². The van der Waals surface area contributed by atoms with E-state index in [9.17, 15) is 14.7 Å². The molecule has 9 heteroatoms. The summed E-state index contributed by atoms with van der Waals surface area (Å²) in [5.41, 5.74) is -0.0657. The summed E-state index contributed by atoms with van der Waals surface area (Å²) >= 11 is 0. The van der Waals surface area contributed by atoms with Crippen molar-refractivity contribution < 1.29 is 24.2 Å². The quantitative estimate of drug-likeness (QED) is 0.405. The number of nitriles is 1. The van der Waals surface area contributed by atoms with Crippen molar-refractivity contribution in [1.82, 2.24) is 15.1 Å². The van der Waals surface area contributed by atoms with Gasteiger partial charge in [0.1, 0.15) is 17.3 Å². The van der Waals surface area contributed by atoms with Crippen molar-refractivity contribution >= 4 is 11.8 Å². The van der Waals surface area contributed by atoms with Gasteiger partial charge in [0.15, 0.2) is 11.5 Å². The highest BCUT2D eigenvalue weighted by Crippen LogP contribution is 2.38. The van der Waals surface area contributed by atoms with Crippen LogP contribution in [0.1, 0.15) is 82.3 Å². The zero-order valence-electron chi connectivity index (χ0n) is 25.4. The molecule has 230 valence electrons. The number of hydrogen-bond acceptors (Lipinski definition) is 7. The summed E-state index contributed by atoms with van der Waals surface area (Å²) in [4.78, 5) is 31.8. The number of benzene rings is 2. The van der Waals surface area contributed by atoms with E-state index < -0.39 is 17.2 Å². The van der Waals surface area contributed by atoms with E-state index in [1.807, 2.05) is 29.2 Å². The smallest absolute Gasteiger partial charge is 0.246 e. The molecule has 0 aromatic heterocycles. The molecular formula is C34H44N4O5. The second-order valence-corrected chi connectivity index (χ2v) is 12.4. The number of unbranched alkanes of at least 4 members (excludes halogenated alkanes) is 1. The van der Waals surface area contributed by atoms with Gasteiger partial charge in [-0.25, -0.2) is 0 Å². The number of likely N-dealkylation sites (tertiary alicyclic amines) is 1. The molecule has 2 aromatic rings. The number of methoxy groups -OCH3 is 1. The summed E-state index contributed by atoms with van der Waals surface area (Å²) in [5, 5.41) is 23.3. The maximum absolute atomic E-state index is 13.8. The molecule has 0 unspecified atom stereocenters. The molecule has 1 saturated carbocycles. The number of ether oxygens (including phenoxy) is 2. The van der Waals surface area contributed by atoms with Gasteiger partial charge in [-0.2, -0.15) is 5.26 Å². The molecule has 2 heterocycles. The third kappa shape index (κ3) is 6.81. The Bertz CT molecular complexity index is 1320. The number of amides is 2. The minimum Gasteiger partial charge on any atom is -0.493 e. The number of piperidine rings is 1. The molecule has 2 aliphatic heterocycles. The molecule has 1 atom stereocenters. The van der Waals surface area contributed by atoms with Gasteiger partial charge in [-0.3, -0.25) is 14.5 Å². The largest absolute Gasteiger partial charge is 0.493 e. The fraction of sp³-hybridized carbons (Fsp3) is 0.559. The lowest BCUT2D eigenvalue weighted by Gasteiger charge is -2.52. The van der Waals surface area contributed by atoms with Gasteiger partial charge >= 0.3 is 0 Å². The third-order valence-corrected chi connectivity index (χ3v) is 9.45. The summed E-state index contributed by atoms with van der Waals surface area (Å²) in [5.74, 6) is 1.61. The maximum Gasteiger partial charge on any atom is 0.246 e. The Morgan fingerprint density at radius 2 is 1.74 bits per heavy atom. The van der Waals surface area contributed by atoms with Crippen LogP contribution in [0.15, 0.2) is 42.5 Å². The van der Waals surface area contributed by atoms with Crippen molar-refractivity contribution in [2.75, 3.05) is 26.7 Å². The molecule has 43 heavy (non-hydrogen) atoms. The molecule has 3 fully saturated rings. The van der Waals surface area contributed by atoms with Crippen LogP contribution >= 0.6 is 0 Å². The second kappa shape index (κ2) is 13.4. The lowest BCUT2D eigenvalue weighted by Crippen LogP contribution is -2.73. The number of rotatable bonds is 10. The van der Waals surface area contributed by atoms with E-state index in [2.05, 4.69) is 23.2 Å². The second-order valence-electron chi connectivity index (χ2n) is 12.4. The van der Waals surface area contributed by atoms with Crippen molar-refractivity contribution in [3.8, 4) is 23.3 Å². The van der Waals surface area contributed by atoms with Crippen LogP contribution in [0.5, 0.6) is 17.2 Å². The Labute approximate surface area is 254 Å². The van der Waals surface area contributed by atoms with Crippen LogP contribution in [0.3, 0.4) is 0 Å². The Hall–Kier alpha value is -3.61. The maximum atomic E-state index is 13.8. The Kier molecular flexibility index (Phi) is 9.58. The monoisotopic (exact) mass is 588 g/mol. The summed E-state index contributed by atoms with van der Waals surface area (Å²) in [6.07, 6.45) is 7.71. The van der Waals surface area contributed by atoms with Gasteiger partial charge in [-0.15, -0.1) is 0 Å². The molecule has 2 N–H and O–H groups in total. The van der Waals surface area contributed by atoms with E-state index in [0.29, 0.717) is 74.6 Å². The number of piperazine rings is 1. The van der Waals surface area contributed by atoms with E-state index in [0.717, 1.165) is 44.2 Å². The molecule has 0 radical (unpaired) electrons. The Balaban J connectivity index is 1.21. The molecule has 0 bridgehead atoms. The summed E-state index contributed by atoms with van der Waals surface area (Å²) in [6, 6.07) is 14.4. The lowest BCUT2D eigenvalue weighted by atomic mass is 9.77. The highest BCUT2D eigenvalue weighted by molar-refractivity contribution is 6.00. The number of nitrogens with one attached hydrogen (secondary N) is 1. The van der Waals surface area contributed by atoms with Crippen molar-refractivity contribution in [3.63, 3.8) is 0 Å². The normalized spacial score (nSPS) is 21.7. The van der Waals surface area contributed by atoms with Crippen LogP contribution in [-0.4, -0.2) is 70.6 Å². The van der Waals surface area contributed by atoms with Gasteiger partial charge in [0.25, 0.3) is 0 Å². The topological polar surface area (TPSA) is 115 Å². The number of aliphatic hydroxyl groups is 1. The Morgan fingerprint density at radius 1 is 1.02 bits per heavy atom. The van der Waals surface area contributed by atoms with E-state index in [4.69, 9.17) is 14.7 Å². The molecule has 1 aliphatic carbocycles. The zero-order valence-corrected chi connectivity index (χ0v) is 25.4. The highest BCUT2D eigenvalue weighted by Gasteiger charge is 2.54. The van der Waals surface area contributed by atoms with Crippen molar-refractivity contribution in [3.05, 3.63) is 53.6 Å². The molecule has 2 saturated heterocycles. The SMILES string of the molecule is CCCCN1C(=O)[C@@H](CC2(O)CCCCC2)NC(=O)C12CCN(Cc1ccc(Oc3ccc(C#N)cc3OC)cc1)CC2. The fourth-order valence-corrected chi connectivity index (χ4v) is 6.90. The first-order valence-electron chi connectivity index (χ1n) is 15.7. The molecule has 5 rings (SSSR count). The van der Waals surface area contributed by atoms with Crippen LogP contribution in [0.4, 0.5) is 0 Å². The summed E-state index contributed by atoms with van der Waals surface area (Å²) in [7, 11) is 1.55. The predicted octanol–water partition coefficient (Wildman–Crippen LogP) is 4.91. The Morgan fingerprint density at radius 3 is 2.40 bits per heavy atom. The first-order valence-corrected chi connectivity index (χ1v) is 15.7. The minimum absolute atomic E-state index is 0.0324.